The summed E-state index contributed by atoms with van der Waals surface area (Å²) in [6.45, 7) is 3.06. The number of nitrogens with zero attached hydrogens (tertiary/aromatic N) is 2. The summed E-state index contributed by atoms with van der Waals surface area (Å²) >= 11 is 1.81. The van der Waals surface area contributed by atoms with Crippen LogP contribution in [0.2, 0.25) is 0 Å². The molecule has 0 amide bonds. The van der Waals surface area contributed by atoms with E-state index in [4.69, 9.17) is 5.73 Å². The molecule has 1 saturated heterocycles. The molecular formula is C13H23N3S. The van der Waals surface area contributed by atoms with Gasteiger partial charge >= 0.3 is 0 Å². The Kier molecular flexibility index (Phi) is 4.56. The number of thiophene rings is 1. The zero-order valence-corrected chi connectivity index (χ0v) is 11.6. The van der Waals surface area contributed by atoms with Crippen molar-refractivity contribution in [3.05, 3.63) is 22.4 Å². The van der Waals surface area contributed by atoms with Gasteiger partial charge in [0.05, 0.1) is 6.04 Å². The highest BCUT2D eigenvalue weighted by molar-refractivity contribution is 7.10. The van der Waals surface area contributed by atoms with E-state index in [-0.39, 0.29) is 0 Å². The largest absolute Gasteiger partial charge is 0.329 e. The van der Waals surface area contributed by atoms with Gasteiger partial charge in [-0.3, -0.25) is 4.90 Å². The van der Waals surface area contributed by atoms with Crippen LogP contribution in [0.15, 0.2) is 17.5 Å². The van der Waals surface area contributed by atoms with E-state index in [0.717, 1.165) is 6.54 Å². The Bertz CT molecular complexity index is 325. The van der Waals surface area contributed by atoms with E-state index in [1.54, 1.807) is 0 Å². The molecule has 2 rings (SSSR count). The van der Waals surface area contributed by atoms with Crippen molar-refractivity contribution in [2.45, 2.75) is 24.9 Å². The number of nitrogens with two attached hydrogens (primary N) is 1. The van der Waals surface area contributed by atoms with Gasteiger partial charge in [-0.05, 0) is 44.9 Å². The van der Waals surface area contributed by atoms with Crippen LogP contribution in [0.1, 0.15) is 23.8 Å². The van der Waals surface area contributed by atoms with Crippen molar-refractivity contribution in [2.24, 2.45) is 5.73 Å². The average Bonchev–Trinajstić information content (AvgIpc) is 2.93. The van der Waals surface area contributed by atoms with E-state index in [2.05, 4.69) is 41.4 Å². The lowest BCUT2D eigenvalue weighted by atomic mass is 10.1. The van der Waals surface area contributed by atoms with Gasteiger partial charge in [0.1, 0.15) is 0 Å². The van der Waals surface area contributed by atoms with Gasteiger partial charge < -0.3 is 10.6 Å². The van der Waals surface area contributed by atoms with E-state index in [0.29, 0.717) is 18.6 Å². The van der Waals surface area contributed by atoms with Crippen LogP contribution in [0.5, 0.6) is 0 Å². The van der Waals surface area contributed by atoms with E-state index in [1.165, 1.54) is 24.3 Å². The Morgan fingerprint density at radius 2 is 2.47 bits per heavy atom. The third kappa shape index (κ3) is 3.07. The molecule has 1 aromatic rings. The lowest BCUT2D eigenvalue weighted by Crippen LogP contribution is -2.40. The summed E-state index contributed by atoms with van der Waals surface area (Å²) in [4.78, 5) is 6.27. The summed E-state index contributed by atoms with van der Waals surface area (Å²) in [5.41, 5.74) is 5.93. The predicted octanol–water partition coefficient (Wildman–Crippen LogP) is 1.77. The van der Waals surface area contributed by atoms with Crippen molar-refractivity contribution in [2.75, 3.05) is 33.7 Å². The molecule has 17 heavy (non-hydrogen) atoms. The molecule has 1 aromatic heterocycles. The fourth-order valence-corrected chi connectivity index (χ4v) is 3.57. The van der Waals surface area contributed by atoms with Gasteiger partial charge in [-0.1, -0.05) is 6.07 Å². The van der Waals surface area contributed by atoms with Gasteiger partial charge in [0.15, 0.2) is 0 Å². The molecule has 4 heteroatoms. The summed E-state index contributed by atoms with van der Waals surface area (Å²) < 4.78 is 0. The maximum absolute atomic E-state index is 5.93. The number of hydrogen-bond donors (Lipinski definition) is 1. The number of rotatable bonds is 5. The van der Waals surface area contributed by atoms with Crippen LogP contribution in [0.25, 0.3) is 0 Å². The lowest BCUT2D eigenvalue weighted by Gasteiger charge is -2.31. The van der Waals surface area contributed by atoms with Crippen LogP contribution < -0.4 is 5.73 Å². The van der Waals surface area contributed by atoms with E-state index < -0.39 is 0 Å². The van der Waals surface area contributed by atoms with Crippen molar-refractivity contribution >= 4 is 11.3 Å². The Morgan fingerprint density at radius 1 is 1.65 bits per heavy atom. The first kappa shape index (κ1) is 13.0. The van der Waals surface area contributed by atoms with Crippen molar-refractivity contribution in [1.82, 2.24) is 9.80 Å². The molecule has 0 aromatic carbocycles. The third-order valence-corrected chi connectivity index (χ3v) is 4.77. The maximum Gasteiger partial charge on any atom is 0.0562 e. The third-order valence-electron chi connectivity index (χ3n) is 3.80. The second kappa shape index (κ2) is 5.96. The van der Waals surface area contributed by atoms with Crippen molar-refractivity contribution in [1.29, 1.82) is 0 Å². The van der Waals surface area contributed by atoms with Crippen molar-refractivity contribution in [3.63, 3.8) is 0 Å². The number of hydrogen-bond acceptors (Lipinski definition) is 4. The maximum atomic E-state index is 5.93. The lowest BCUT2D eigenvalue weighted by molar-refractivity contribution is 0.181. The minimum Gasteiger partial charge on any atom is -0.329 e. The van der Waals surface area contributed by atoms with Gasteiger partial charge in [-0.15, -0.1) is 11.3 Å². The molecular weight excluding hydrogens is 230 g/mol. The molecule has 0 saturated carbocycles. The van der Waals surface area contributed by atoms with Gasteiger partial charge in [0.2, 0.25) is 0 Å². The molecule has 2 atom stereocenters. The number of likely N-dealkylation sites (tertiary alicyclic amines) is 1. The molecule has 96 valence electrons. The fraction of sp³-hybridized carbons (Fsp3) is 0.692. The molecule has 3 nitrogen and oxygen atoms in total. The minimum atomic E-state index is 0.379. The molecule has 1 fully saturated rings. The summed E-state index contributed by atoms with van der Waals surface area (Å²) in [7, 11) is 4.43. The van der Waals surface area contributed by atoms with Gasteiger partial charge in [-0.2, -0.15) is 0 Å². The molecule has 0 bridgehead atoms. The summed E-state index contributed by atoms with van der Waals surface area (Å²) in [6.07, 6.45) is 2.66. The zero-order valence-electron chi connectivity index (χ0n) is 10.8. The van der Waals surface area contributed by atoms with Crippen LogP contribution in [0.3, 0.4) is 0 Å². The SMILES string of the molecule is CN1CCCC1CN(C)C(CN)c1cccs1. The smallest absolute Gasteiger partial charge is 0.0562 e. The van der Waals surface area contributed by atoms with Crippen LogP contribution in [-0.2, 0) is 0 Å². The first-order valence-corrected chi connectivity index (χ1v) is 7.24. The fourth-order valence-electron chi connectivity index (χ4n) is 2.66. The van der Waals surface area contributed by atoms with Crippen LogP contribution in [0, 0.1) is 0 Å². The molecule has 2 heterocycles. The Hall–Kier alpha value is -0.420. The Morgan fingerprint density at radius 3 is 3.00 bits per heavy atom. The van der Waals surface area contributed by atoms with E-state index in [9.17, 15) is 0 Å². The average molecular weight is 253 g/mol. The minimum absolute atomic E-state index is 0.379. The normalized spacial score (nSPS) is 23.4. The second-order valence-corrected chi connectivity index (χ2v) is 5.96. The summed E-state index contributed by atoms with van der Waals surface area (Å²) in [5.74, 6) is 0. The van der Waals surface area contributed by atoms with E-state index in [1.807, 2.05) is 11.3 Å². The number of likely N-dealkylation sites (N-methyl/N-ethyl adjacent to an activating group) is 2. The molecule has 0 spiro atoms. The topological polar surface area (TPSA) is 32.5 Å². The molecule has 0 radical (unpaired) electrons. The van der Waals surface area contributed by atoms with Crippen LogP contribution >= 0.6 is 11.3 Å². The van der Waals surface area contributed by atoms with Gasteiger partial charge in [-0.25, -0.2) is 0 Å². The predicted molar refractivity (Wildman–Crippen MR) is 74.4 cm³/mol. The van der Waals surface area contributed by atoms with Gasteiger partial charge in [0.25, 0.3) is 0 Å². The van der Waals surface area contributed by atoms with Crippen LogP contribution in [-0.4, -0.2) is 49.6 Å². The second-order valence-electron chi connectivity index (χ2n) is 4.98. The molecule has 1 aliphatic heterocycles. The zero-order chi connectivity index (χ0) is 12.3. The van der Waals surface area contributed by atoms with E-state index >= 15 is 0 Å². The summed E-state index contributed by atoms with van der Waals surface area (Å²) in [5, 5.41) is 2.13. The summed E-state index contributed by atoms with van der Waals surface area (Å²) in [6, 6.07) is 5.38. The highest BCUT2D eigenvalue weighted by Crippen LogP contribution is 2.25. The van der Waals surface area contributed by atoms with Crippen molar-refractivity contribution < 1.29 is 0 Å². The highest BCUT2D eigenvalue weighted by atomic mass is 32.1. The van der Waals surface area contributed by atoms with Gasteiger partial charge in [0, 0.05) is 24.0 Å². The molecule has 2 N–H and O–H groups in total. The first-order valence-electron chi connectivity index (χ1n) is 6.36. The monoisotopic (exact) mass is 253 g/mol. The molecule has 1 aliphatic rings. The Balaban J connectivity index is 1.95. The van der Waals surface area contributed by atoms with Crippen molar-refractivity contribution in [3.8, 4) is 0 Å². The van der Waals surface area contributed by atoms with Crippen LogP contribution in [0.4, 0.5) is 0 Å². The quantitative estimate of drug-likeness (QED) is 0.868. The first-order chi connectivity index (χ1) is 8.22. The molecule has 0 aliphatic carbocycles. The standard InChI is InChI=1S/C13H23N3S/c1-15-7-3-5-11(15)10-16(2)12(9-14)13-6-4-8-17-13/h4,6,8,11-12H,3,5,7,9-10,14H2,1-2H3. The molecule has 2 unspecified atom stereocenters. The Labute approximate surface area is 108 Å². The highest BCUT2D eigenvalue weighted by Gasteiger charge is 2.25.